The summed E-state index contributed by atoms with van der Waals surface area (Å²) < 4.78 is 9.79. The molecule has 0 bridgehead atoms. The molecule has 0 aromatic heterocycles. The molecular weight excluding hydrogens is 190 g/mol. The van der Waals surface area contributed by atoms with Crippen LogP contribution in [-0.4, -0.2) is 42.5 Å². The van der Waals surface area contributed by atoms with E-state index in [1.54, 1.807) is 0 Å². The maximum atomic E-state index is 10.7. The van der Waals surface area contributed by atoms with Crippen LogP contribution in [0.5, 0.6) is 0 Å². The van der Waals surface area contributed by atoms with Gasteiger partial charge < -0.3 is 14.6 Å². The standard InChI is InChI=1S/C7H11N3O4/c1-4(11)14-7-5(9-10-8)2-13-3-6(7)12/h5-7,12H,2-3H2,1H3. The average molecular weight is 201 g/mol. The zero-order chi connectivity index (χ0) is 10.6. The first-order chi connectivity index (χ1) is 6.65. The summed E-state index contributed by atoms with van der Waals surface area (Å²) in [6.45, 7) is 1.46. The molecule has 0 aromatic rings. The summed E-state index contributed by atoms with van der Waals surface area (Å²) in [6.07, 6.45) is -1.75. The molecule has 1 aliphatic heterocycles. The molecule has 1 N–H and O–H groups in total. The van der Waals surface area contributed by atoms with E-state index in [0.29, 0.717) is 0 Å². The molecule has 1 aliphatic rings. The van der Waals surface area contributed by atoms with Crippen LogP contribution in [0.3, 0.4) is 0 Å². The van der Waals surface area contributed by atoms with E-state index in [0.717, 1.165) is 0 Å². The molecule has 1 rings (SSSR count). The van der Waals surface area contributed by atoms with Gasteiger partial charge in [0.2, 0.25) is 0 Å². The number of esters is 1. The fourth-order valence-electron chi connectivity index (χ4n) is 1.27. The van der Waals surface area contributed by atoms with Gasteiger partial charge in [-0.1, -0.05) is 5.11 Å². The van der Waals surface area contributed by atoms with Gasteiger partial charge in [0.25, 0.3) is 0 Å². The Morgan fingerprint density at radius 3 is 3.00 bits per heavy atom. The minimum Gasteiger partial charge on any atom is -0.459 e. The second-order valence-corrected chi connectivity index (χ2v) is 2.95. The normalized spacial score (nSPS) is 31.7. The van der Waals surface area contributed by atoms with Crippen molar-refractivity contribution in [3.8, 4) is 0 Å². The lowest BCUT2D eigenvalue weighted by molar-refractivity contribution is -0.165. The minimum absolute atomic E-state index is 0.0788. The highest BCUT2D eigenvalue weighted by Gasteiger charge is 2.34. The van der Waals surface area contributed by atoms with E-state index in [1.165, 1.54) is 6.92 Å². The lowest BCUT2D eigenvalue weighted by atomic mass is 10.1. The topological polar surface area (TPSA) is 105 Å². The second-order valence-electron chi connectivity index (χ2n) is 2.95. The number of carbonyl (C=O) groups excluding carboxylic acids is 1. The van der Waals surface area contributed by atoms with Crippen molar-refractivity contribution in [1.82, 2.24) is 0 Å². The second kappa shape index (κ2) is 4.80. The molecule has 1 heterocycles. The summed E-state index contributed by atoms with van der Waals surface area (Å²) in [5.74, 6) is -0.519. The van der Waals surface area contributed by atoms with Crippen molar-refractivity contribution in [1.29, 1.82) is 0 Å². The van der Waals surface area contributed by atoms with Gasteiger partial charge in [-0.15, -0.1) is 0 Å². The summed E-state index contributed by atoms with van der Waals surface area (Å²) in [5, 5.41) is 12.8. The third kappa shape index (κ3) is 2.59. The van der Waals surface area contributed by atoms with Crippen molar-refractivity contribution >= 4 is 5.97 Å². The molecule has 3 unspecified atom stereocenters. The van der Waals surface area contributed by atoms with Crippen LogP contribution in [0, 0.1) is 0 Å². The Labute approximate surface area is 80.2 Å². The monoisotopic (exact) mass is 201 g/mol. The minimum atomic E-state index is -0.942. The number of hydrogen-bond donors (Lipinski definition) is 1. The number of nitrogens with zero attached hydrogens (tertiary/aromatic N) is 3. The number of rotatable bonds is 2. The molecule has 7 nitrogen and oxygen atoms in total. The molecule has 1 fully saturated rings. The van der Waals surface area contributed by atoms with Crippen LogP contribution >= 0.6 is 0 Å². The zero-order valence-electron chi connectivity index (χ0n) is 7.66. The van der Waals surface area contributed by atoms with Crippen LogP contribution in [0.15, 0.2) is 5.11 Å². The molecule has 0 spiro atoms. The first-order valence-electron chi connectivity index (χ1n) is 4.12. The van der Waals surface area contributed by atoms with Gasteiger partial charge in [-0.25, -0.2) is 0 Å². The molecular formula is C7H11N3O4. The number of aliphatic hydroxyl groups excluding tert-OH is 1. The zero-order valence-corrected chi connectivity index (χ0v) is 7.66. The van der Waals surface area contributed by atoms with E-state index in [9.17, 15) is 9.90 Å². The van der Waals surface area contributed by atoms with Gasteiger partial charge >= 0.3 is 5.97 Å². The third-order valence-electron chi connectivity index (χ3n) is 1.84. The molecule has 14 heavy (non-hydrogen) atoms. The van der Waals surface area contributed by atoms with Gasteiger partial charge in [-0.05, 0) is 5.53 Å². The summed E-state index contributed by atoms with van der Waals surface area (Å²) in [6, 6.07) is -0.660. The number of hydrogen-bond acceptors (Lipinski definition) is 5. The van der Waals surface area contributed by atoms with Crippen molar-refractivity contribution in [2.24, 2.45) is 5.11 Å². The summed E-state index contributed by atoms with van der Waals surface area (Å²) in [4.78, 5) is 13.3. The molecule has 0 aliphatic carbocycles. The predicted molar refractivity (Wildman–Crippen MR) is 45.3 cm³/mol. The average Bonchev–Trinajstić information content (AvgIpc) is 2.11. The van der Waals surface area contributed by atoms with Crippen molar-refractivity contribution in [3.63, 3.8) is 0 Å². The van der Waals surface area contributed by atoms with E-state index in [-0.39, 0.29) is 13.2 Å². The number of carbonyl (C=O) groups is 1. The van der Waals surface area contributed by atoms with Gasteiger partial charge in [0.15, 0.2) is 0 Å². The highest BCUT2D eigenvalue weighted by molar-refractivity contribution is 5.66. The first-order valence-corrected chi connectivity index (χ1v) is 4.12. The summed E-state index contributed by atoms with van der Waals surface area (Å²) in [7, 11) is 0. The highest BCUT2D eigenvalue weighted by atomic mass is 16.6. The maximum absolute atomic E-state index is 10.7. The van der Waals surface area contributed by atoms with Gasteiger partial charge in [-0.3, -0.25) is 4.79 Å². The van der Waals surface area contributed by atoms with E-state index >= 15 is 0 Å². The van der Waals surface area contributed by atoms with Gasteiger partial charge in [0.1, 0.15) is 18.2 Å². The lowest BCUT2D eigenvalue weighted by Crippen LogP contribution is -2.48. The molecule has 0 aromatic carbocycles. The molecule has 0 amide bonds. The Hall–Kier alpha value is -1.30. The maximum Gasteiger partial charge on any atom is 0.303 e. The molecule has 0 radical (unpaired) electrons. The van der Waals surface area contributed by atoms with E-state index in [2.05, 4.69) is 10.0 Å². The number of azide groups is 1. The fraction of sp³-hybridized carbons (Fsp3) is 0.857. The molecule has 3 atom stereocenters. The van der Waals surface area contributed by atoms with E-state index in [1.807, 2.05) is 0 Å². The number of ether oxygens (including phenoxy) is 2. The quantitative estimate of drug-likeness (QED) is 0.293. The summed E-state index contributed by atoms with van der Waals surface area (Å²) in [5.41, 5.74) is 8.24. The van der Waals surface area contributed by atoms with Crippen LogP contribution in [0.4, 0.5) is 0 Å². The predicted octanol–water partition coefficient (Wildman–Crippen LogP) is -0.0119. The Kier molecular flexibility index (Phi) is 3.70. The van der Waals surface area contributed by atoms with Gasteiger partial charge in [0.05, 0.1) is 13.2 Å². The Bertz CT molecular complexity index is 264. The SMILES string of the molecule is CC(=O)OC1C(O)COCC1N=[N+]=[N-]. The Morgan fingerprint density at radius 2 is 2.43 bits per heavy atom. The van der Waals surface area contributed by atoms with Crippen LogP contribution < -0.4 is 0 Å². The molecule has 1 saturated heterocycles. The molecule has 78 valence electrons. The van der Waals surface area contributed by atoms with Crippen LogP contribution in [-0.2, 0) is 14.3 Å². The lowest BCUT2D eigenvalue weighted by Gasteiger charge is -2.31. The Morgan fingerprint density at radius 1 is 1.71 bits per heavy atom. The summed E-state index contributed by atoms with van der Waals surface area (Å²) >= 11 is 0. The van der Waals surface area contributed by atoms with Crippen LogP contribution in [0.1, 0.15) is 6.92 Å². The van der Waals surface area contributed by atoms with E-state index < -0.39 is 24.2 Å². The first kappa shape index (κ1) is 10.8. The largest absolute Gasteiger partial charge is 0.459 e. The smallest absolute Gasteiger partial charge is 0.303 e. The van der Waals surface area contributed by atoms with Crippen molar-refractivity contribution in [3.05, 3.63) is 10.4 Å². The molecule has 0 saturated carbocycles. The van der Waals surface area contributed by atoms with Crippen molar-refractivity contribution < 1.29 is 19.4 Å². The Balaban J connectivity index is 2.69. The fourth-order valence-corrected chi connectivity index (χ4v) is 1.27. The van der Waals surface area contributed by atoms with Crippen molar-refractivity contribution in [2.75, 3.05) is 13.2 Å². The van der Waals surface area contributed by atoms with E-state index in [4.69, 9.17) is 15.0 Å². The van der Waals surface area contributed by atoms with Gasteiger partial charge in [-0.2, -0.15) is 0 Å². The van der Waals surface area contributed by atoms with Gasteiger partial charge in [0, 0.05) is 11.8 Å². The third-order valence-corrected chi connectivity index (χ3v) is 1.84. The highest BCUT2D eigenvalue weighted by Crippen LogP contribution is 2.16. The molecule has 7 heteroatoms. The van der Waals surface area contributed by atoms with Crippen LogP contribution in [0.25, 0.3) is 10.4 Å². The van der Waals surface area contributed by atoms with Crippen LogP contribution in [0.2, 0.25) is 0 Å². The number of aliphatic hydroxyl groups is 1. The van der Waals surface area contributed by atoms with Crippen molar-refractivity contribution in [2.45, 2.75) is 25.2 Å².